The fraction of sp³-hybridized carbons (Fsp3) is 0.312. The van der Waals surface area contributed by atoms with Gasteiger partial charge in [-0.05, 0) is 41.3 Å². The summed E-state index contributed by atoms with van der Waals surface area (Å²) >= 11 is 0. The number of benzene rings is 2. The molecule has 19 heavy (non-hydrogen) atoms. The van der Waals surface area contributed by atoms with Crippen molar-refractivity contribution in [1.82, 2.24) is 0 Å². The number of carbonyl (C=O) groups is 1. The minimum atomic E-state index is -0.804. The molecule has 2 atom stereocenters. The second kappa shape index (κ2) is 4.67. The van der Waals surface area contributed by atoms with Crippen molar-refractivity contribution in [3.8, 4) is 0 Å². The predicted octanol–water partition coefficient (Wildman–Crippen LogP) is 3.32. The molecular formula is C16H16O3. The van der Waals surface area contributed by atoms with Gasteiger partial charge in [-0.15, -0.1) is 0 Å². The summed E-state index contributed by atoms with van der Waals surface area (Å²) in [6, 6.07) is 12.5. The third-order valence-electron chi connectivity index (χ3n) is 3.69. The van der Waals surface area contributed by atoms with E-state index in [4.69, 9.17) is 9.84 Å². The second-order valence-electron chi connectivity index (χ2n) is 5.10. The van der Waals surface area contributed by atoms with E-state index in [-0.39, 0.29) is 18.6 Å². The van der Waals surface area contributed by atoms with Crippen molar-refractivity contribution in [2.75, 3.05) is 0 Å². The molecule has 1 heterocycles. The van der Waals surface area contributed by atoms with Crippen LogP contribution in [0.3, 0.4) is 0 Å². The second-order valence-corrected chi connectivity index (χ2v) is 5.10. The molecule has 0 amide bonds. The van der Waals surface area contributed by atoms with Gasteiger partial charge in [0.15, 0.2) is 0 Å². The van der Waals surface area contributed by atoms with Gasteiger partial charge in [0, 0.05) is 0 Å². The highest BCUT2D eigenvalue weighted by Crippen LogP contribution is 2.33. The SMILES string of the molecule is C[C@H]1O[C@H](CC(=O)O)Cc2cc3ccccc3cc21. The van der Waals surface area contributed by atoms with Crippen LogP contribution in [0, 0.1) is 0 Å². The van der Waals surface area contributed by atoms with Crippen molar-refractivity contribution >= 4 is 16.7 Å². The molecule has 1 aliphatic rings. The molecular weight excluding hydrogens is 240 g/mol. The van der Waals surface area contributed by atoms with Crippen LogP contribution in [-0.4, -0.2) is 17.2 Å². The van der Waals surface area contributed by atoms with Crippen molar-refractivity contribution in [2.45, 2.75) is 32.0 Å². The molecule has 0 aliphatic carbocycles. The molecule has 98 valence electrons. The third kappa shape index (κ3) is 2.34. The number of rotatable bonds is 2. The van der Waals surface area contributed by atoms with Crippen molar-refractivity contribution < 1.29 is 14.6 Å². The summed E-state index contributed by atoms with van der Waals surface area (Å²) in [5, 5.41) is 11.3. The van der Waals surface area contributed by atoms with E-state index in [2.05, 4.69) is 24.3 Å². The van der Waals surface area contributed by atoms with E-state index in [1.165, 1.54) is 21.9 Å². The van der Waals surface area contributed by atoms with Crippen molar-refractivity contribution in [1.29, 1.82) is 0 Å². The van der Waals surface area contributed by atoms with Gasteiger partial charge < -0.3 is 9.84 Å². The van der Waals surface area contributed by atoms with E-state index in [0.29, 0.717) is 6.42 Å². The first-order chi connectivity index (χ1) is 9.13. The maximum atomic E-state index is 10.8. The molecule has 0 unspecified atom stereocenters. The zero-order valence-electron chi connectivity index (χ0n) is 10.8. The highest BCUT2D eigenvalue weighted by molar-refractivity contribution is 5.84. The predicted molar refractivity (Wildman–Crippen MR) is 73.2 cm³/mol. The Morgan fingerprint density at radius 1 is 1.32 bits per heavy atom. The Morgan fingerprint density at radius 3 is 2.68 bits per heavy atom. The lowest BCUT2D eigenvalue weighted by atomic mass is 9.91. The van der Waals surface area contributed by atoms with E-state index < -0.39 is 5.97 Å². The monoisotopic (exact) mass is 256 g/mol. The molecule has 0 fully saturated rings. The van der Waals surface area contributed by atoms with Crippen molar-refractivity contribution in [2.24, 2.45) is 0 Å². The van der Waals surface area contributed by atoms with Gasteiger partial charge in [-0.25, -0.2) is 0 Å². The largest absolute Gasteiger partial charge is 0.481 e. The standard InChI is InChI=1S/C16H16O3/c1-10-15-8-12-5-3-2-4-11(12)6-13(15)7-14(19-10)9-16(17)18/h2-6,8,10,14H,7,9H2,1H3,(H,17,18)/t10-,14+/m1/s1. The van der Waals surface area contributed by atoms with Crippen LogP contribution in [0.4, 0.5) is 0 Å². The zero-order valence-corrected chi connectivity index (χ0v) is 10.8. The van der Waals surface area contributed by atoms with Crippen LogP contribution in [0.15, 0.2) is 36.4 Å². The fourth-order valence-electron chi connectivity index (χ4n) is 2.83. The summed E-state index contributed by atoms with van der Waals surface area (Å²) in [6.07, 6.45) is 0.479. The molecule has 1 N–H and O–H groups in total. The summed E-state index contributed by atoms with van der Waals surface area (Å²) in [5.41, 5.74) is 2.39. The van der Waals surface area contributed by atoms with E-state index in [1.54, 1.807) is 0 Å². The highest BCUT2D eigenvalue weighted by Gasteiger charge is 2.26. The smallest absolute Gasteiger partial charge is 0.305 e. The number of aliphatic carboxylic acids is 1. The van der Waals surface area contributed by atoms with Gasteiger partial charge in [0.05, 0.1) is 18.6 Å². The Labute approximate surface area is 111 Å². The Kier molecular flexibility index (Phi) is 2.99. The van der Waals surface area contributed by atoms with Crippen LogP contribution in [-0.2, 0) is 16.0 Å². The molecule has 2 aromatic carbocycles. The number of ether oxygens (including phenoxy) is 1. The maximum absolute atomic E-state index is 10.8. The molecule has 0 radical (unpaired) electrons. The van der Waals surface area contributed by atoms with Crippen LogP contribution in [0.5, 0.6) is 0 Å². The van der Waals surface area contributed by atoms with Crippen molar-refractivity contribution in [3.63, 3.8) is 0 Å². The minimum Gasteiger partial charge on any atom is -0.481 e. The van der Waals surface area contributed by atoms with Gasteiger partial charge in [0.1, 0.15) is 0 Å². The average Bonchev–Trinajstić information content (AvgIpc) is 2.36. The summed E-state index contributed by atoms with van der Waals surface area (Å²) in [6.45, 7) is 1.99. The maximum Gasteiger partial charge on any atom is 0.305 e. The quantitative estimate of drug-likeness (QED) is 0.896. The molecule has 0 spiro atoms. The van der Waals surface area contributed by atoms with Crippen LogP contribution in [0.2, 0.25) is 0 Å². The Morgan fingerprint density at radius 2 is 2.00 bits per heavy atom. The molecule has 2 aromatic rings. The molecule has 3 heteroatoms. The minimum absolute atomic E-state index is 0.0438. The number of fused-ring (bicyclic) bond motifs is 2. The van der Waals surface area contributed by atoms with Gasteiger partial charge in [-0.1, -0.05) is 30.3 Å². The molecule has 0 bridgehead atoms. The van der Waals surface area contributed by atoms with E-state index in [9.17, 15) is 4.79 Å². The highest BCUT2D eigenvalue weighted by atomic mass is 16.5. The van der Waals surface area contributed by atoms with Crippen molar-refractivity contribution in [3.05, 3.63) is 47.5 Å². The van der Waals surface area contributed by atoms with Crippen LogP contribution >= 0.6 is 0 Å². The summed E-state index contributed by atoms with van der Waals surface area (Å²) in [5.74, 6) is -0.804. The third-order valence-corrected chi connectivity index (χ3v) is 3.69. The summed E-state index contributed by atoms with van der Waals surface area (Å²) < 4.78 is 5.79. The average molecular weight is 256 g/mol. The topological polar surface area (TPSA) is 46.5 Å². The number of hydrogen-bond donors (Lipinski definition) is 1. The first-order valence-corrected chi connectivity index (χ1v) is 6.52. The van der Waals surface area contributed by atoms with E-state index in [1.807, 2.05) is 19.1 Å². The lowest BCUT2D eigenvalue weighted by Gasteiger charge is -2.30. The first kappa shape index (κ1) is 12.2. The van der Waals surface area contributed by atoms with Gasteiger partial charge in [0.2, 0.25) is 0 Å². The summed E-state index contributed by atoms with van der Waals surface area (Å²) in [7, 11) is 0. The zero-order chi connectivity index (χ0) is 13.4. The Bertz CT molecular complexity index is 633. The Hall–Kier alpha value is -1.87. The van der Waals surface area contributed by atoms with Crippen LogP contribution in [0.1, 0.15) is 30.6 Å². The molecule has 3 nitrogen and oxygen atoms in total. The number of hydrogen-bond acceptors (Lipinski definition) is 2. The molecule has 0 saturated heterocycles. The summed E-state index contributed by atoms with van der Waals surface area (Å²) in [4.78, 5) is 10.8. The fourth-order valence-corrected chi connectivity index (χ4v) is 2.83. The molecule has 3 rings (SSSR count). The lowest BCUT2D eigenvalue weighted by Crippen LogP contribution is -2.27. The van der Waals surface area contributed by atoms with E-state index in [0.717, 1.165) is 0 Å². The molecule has 0 aromatic heterocycles. The van der Waals surface area contributed by atoms with Gasteiger partial charge in [0.25, 0.3) is 0 Å². The number of carboxylic acids is 1. The normalized spacial score (nSPS) is 22.2. The van der Waals surface area contributed by atoms with Gasteiger partial charge >= 0.3 is 5.97 Å². The van der Waals surface area contributed by atoms with E-state index >= 15 is 0 Å². The first-order valence-electron chi connectivity index (χ1n) is 6.52. The van der Waals surface area contributed by atoms with Crippen LogP contribution < -0.4 is 0 Å². The van der Waals surface area contributed by atoms with Gasteiger partial charge in [-0.3, -0.25) is 4.79 Å². The molecule has 1 aliphatic heterocycles. The van der Waals surface area contributed by atoms with Gasteiger partial charge in [-0.2, -0.15) is 0 Å². The lowest BCUT2D eigenvalue weighted by molar-refractivity contribution is -0.141. The number of carboxylic acid groups (broad SMARTS) is 1. The molecule has 0 saturated carbocycles. The van der Waals surface area contributed by atoms with Crippen LogP contribution in [0.25, 0.3) is 10.8 Å². The Balaban J connectivity index is 2.01.